The van der Waals surface area contributed by atoms with Gasteiger partial charge in [-0.05, 0) is 49.9 Å². The second-order valence-corrected chi connectivity index (χ2v) is 8.38. The van der Waals surface area contributed by atoms with Crippen molar-refractivity contribution in [3.8, 4) is 5.75 Å². The van der Waals surface area contributed by atoms with E-state index < -0.39 is 0 Å². The first-order chi connectivity index (χ1) is 15.7. The van der Waals surface area contributed by atoms with Crippen LogP contribution >= 0.6 is 24.0 Å². The Balaban J connectivity index is 0.00000306. The molecule has 1 aliphatic heterocycles. The Morgan fingerprint density at radius 2 is 2.06 bits per heavy atom. The number of aliphatic imine (C=N–C) groups is 1. The number of ether oxygens (including phenoxy) is 2. The first-order valence-electron chi connectivity index (χ1n) is 11.6. The number of benzene rings is 2. The lowest BCUT2D eigenvalue weighted by Crippen LogP contribution is -2.38. The minimum absolute atomic E-state index is 0. The van der Waals surface area contributed by atoms with Crippen LogP contribution in [0.1, 0.15) is 30.0 Å². The molecule has 6 nitrogen and oxygen atoms in total. The number of hydrogen-bond acceptors (Lipinski definition) is 3. The monoisotopic (exact) mass is 562 g/mol. The third-order valence-electron chi connectivity index (χ3n) is 5.83. The zero-order chi connectivity index (χ0) is 22.2. The van der Waals surface area contributed by atoms with Crippen LogP contribution in [-0.2, 0) is 17.7 Å². The maximum atomic E-state index is 6.17. The van der Waals surface area contributed by atoms with E-state index in [1.807, 2.05) is 0 Å². The standard InChI is InChI=1S/C26H34N4O2.HI/c1-3-27-26(28-12-10-21-15-29-24-7-5-4-6-23(21)24)30-16-22-9-8-19(2)14-25(22)32-18-20-11-13-31-17-20;/h4-9,14-15,20,29H,3,10-13,16-18H2,1-2H3,(H2,27,28,30);1H. The van der Waals surface area contributed by atoms with Crippen LogP contribution in [0.25, 0.3) is 10.9 Å². The molecule has 2 aromatic carbocycles. The highest BCUT2D eigenvalue weighted by molar-refractivity contribution is 14.0. The Kier molecular flexibility index (Phi) is 9.87. The largest absolute Gasteiger partial charge is 0.493 e. The number of aromatic amines is 1. The lowest BCUT2D eigenvalue weighted by molar-refractivity contribution is 0.166. The van der Waals surface area contributed by atoms with Crippen molar-refractivity contribution in [1.29, 1.82) is 0 Å². The molecule has 7 heteroatoms. The molecular weight excluding hydrogens is 527 g/mol. The van der Waals surface area contributed by atoms with Crippen molar-refractivity contribution in [3.05, 3.63) is 65.4 Å². The fourth-order valence-corrected chi connectivity index (χ4v) is 4.01. The highest BCUT2D eigenvalue weighted by atomic mass is 127. The van der Waals surface area contributed by atoms with E-state index in [1.165, 1.54) is 22.0 Å². The summed E-state index contributed by atoms with van der Waals surface area (Å²) in [5, 5.41) is 8.10. The molecule has 1 aromatic heterocycles. The van der Waals surface area contributed by atoms with Crippen LogP contribution in [0.5, 0.6) is 5.75 Å². The van der Waals surface area contributed by atoms with Crippen molar-refractivity contribution in [1.82, 2.24) is 15.6 Å². The molecule has 1 fully saturated rings. The topological polar surface area (TPSA) is 70.7 Å². The Morgan fingerprint density at radius 3 is 2.88 bits per heavy atom. The number of H-pyrrole nitrogens is 1. The van der Waals surface area contributed by atoms with E-state index in [0.29, 0.717) is 19.1 Å². The third kappa shape index (κ3) is 7.11. The highest BCUT2D eigenvalue weighted by Gasteiger charge is 2.17. The molecule has 1 saturated heterocycles. The number of halogens is 1. The summed E-state index contributed by atoms with van der Waals surface area (Å²) >= 11 is 0. The van der Waals surface area contributed by atoms with Gasteiger partial charge in [0.1, 0.15) is 5.75 Å². The van der Waals surface area contributed by atoms with Crippen LogP contribution in [0, 0.1) is 12.8 Å². The molecule has 0 saturated carbocycles. The van der Waals surface area contributed by atoms with Gasteiger partial charge in [0.2, 0.25) is 0 Å². The van der Waals surface area contributed by atoms with Gasteiger partial charge in [-0.15, -0.1) is 24.0 Å². The molecule has 3 N–H and O–H groups in total. The average Bonchev–Trinajstić information content (AvgIpc) is 3.47. The van der Waals surface area contributed by atoms with Crippen LogP contribution < -0.4 is 15.4 Å². The average molecular weight is 562 g/mol. The quantitative estimate of drug-likeness (QED) is 0.199. The van der Waals surface area contributed by atoms with Gasteiger partial charge in [0.05, 0.1) is 19.8 Å². The molecule has 4 rings (SSSR count). The molecule has 1 unspecified atom stereocenters. The summed E-state index contributed by atoms with van der Waals surface area (Å²) in [6.07, 6.45) is 4.10. The first kappa shape index (κ1) is 25.4. The maximum Gasteiger partial charge on any atom is 0.191 e. The van der Waals surface area contributed by atoms with E-state index in [-0.39, 0.29) is 24.0 Å². The zero-order valence-corrected chi connectivity index (χ0v) is 21.9. The van der Waals surface area contributed by atoms with E-state index in [4.69, 9.17) is 14.5 Å². The number of guanidine groups is 1. The van der Waals surface area contributed by atoms with Crippen LogP contribution in [0.15, 0.2) is 53.7 Å². The molecule has 178 valence electrons. The molecule has 0 spiro atoms. The normalized spacial score (nSPS) is 15.9. The summed E-state index contributed by atoms with van der Waals surface area (Å²) < 4.78 is 11.6. The second kappa shape index (κ2) is 12.8. The van der Waals surface area contributed by atoms with Crippen molar-refractivity contribution in [2.24, 2.45) is 10.9 Å². The molecule has 0 bridgehead atoms. The summed E-state index contributed by atoms with van der Waals surface area (Å²) in [7, 11) is 0. The first-order valence-corrected chi connectivity index (χ1v) is 11.6. The van der Waals surface area contributed by atoms with E-state index >= 15 is 0 Å². The predicted octanol–water partition coefficient (Wildman–Crippen LogP) is 4.81. The minimum atomic E-state index is 0. The summed E-state index contributed by atoms with van der Waals surface area (Å²) in [6, 6.07) is 14.8. The molecule has 0 radical (unpaired) electrons. The number of rotatable bonds is 9. The van der Waals surface area contributed by atoms with Crippen molar-refractivity contribution in [2.75, 3.05) is 32.9 Å². The number of aromatic nitrogens is 1. The summed E-state index contributed by atoms with van der Waals surface area (Å²) in [4.78, 5) is 8.16. The van der Waals surface area contributed by atoms with Gasteiger partial charge in [-0.3, -0.25) is 0 Å². The molecule has 2 heterocycles. The Hall–Kier alpha value is -2.26. The molecular formula is C26H35IN4O2. The van der Waals surface area contributed by atoms with Crippen molar-refractivity contribution < 1.29 is 9.47 Å². The summed E-state index contributed by atoms with van der Waals surface area (Å²) in [5.74, 6) is 2.23. The molecule has 3 aromatic rings. The summed E-state index contributed by atoms with van der Waals surface area (Å²) in [5.41, 5.74) is 4.79. The fraction of sp³-hybridized carbons (Fsp3) is 0.423. The maximum absolute atomic E-state index is 6.17. The van der Waals surface area contributed by atoms with Crippen LogP contribution in [0.4, 0.5) is 0 Å². The molecule has 0 aliphatic carbocycles. The lowest BCUT2D eigenvalue weighted by atomic mass is 10.1. The second-order valence-electron chi connectivity index (χ2n) is 8.38. The van der Waals surface area contributed by atoms with Crippen LogP contribution in [0.3, 0.4) is 0 Å². The Morgan fingerprint density at radius 1 is 1.18 bits per heavy atom. The van der Waals surface area contributed by atoms with Gasteiger partial charge >= 0.3 is 0 Å². The van der Waals surface area contributed by atoms with Crippen LogP contribution in [0.2, 0.25) is 0 Å². The molecule has 33 heavy (non-hydrogen) atoms. The SMILES string of the molecule is CCNC(=NCc1ccc(C)cc1OCC1CCOC1)NCCc1c[nH]c2ccccc12.I. The van der Waals surface area contributed by atoms with Gasteiger partial charge in [0, 0.05) is 48.3 Å². The number of fused-ring (bicyclic) bond motifs is 1. The lowest BCUT2D eigenvalue weighted by Gasteiger charge is -2.15. The van der Waals surface area contributed by atoms with Gasteiger partial charge in [0.25, 0.3) is 0 Å². The highest BCUT2D eigenvalue weighted by Crippen LogP contribution is 2.23. The van der Waals surface area contributed by atoms with Crippen molar-refractivity contribution in [3.63, 3.8) is 0 Å². The number of nitrogens with zero attached hydrogens (tertiary/aromatic N) is 1. The number of para-hydroxylation sites is 1. The number of nitrogens with one attached hydrogen (secondary N) is 3. The van der Waals surface area contributed by atoms with E-state index in [0.717, 1.165) is 56.4 Å². The van der Waals surface area contributed by atoms with Gasteiger partial charge in [-0.2, -0.15) is 0 Å². The van der Waals surface area contributed by atoms with Gasteiger partial charge in [-0.1, -0.05) is 30.3 Å². The van der Waals surface area contributed by atoms with Crippen molar-refractivity contribution in [2.45, 2.75) is 33.2 Å². The van der Waals surface area contributed by atoms with Gasteiger partial charge < -0.3 is 25.1 Å². The third-order valence-corrected chi connectivity index (χ3v) is 5.83. The van der Waals surface area contributed by atoms with Gasteiger partial charge in [0.15, 0.2) is 5.96 Å². The number of aryl methyl sites for hydroxylation is 1. The van der Waals surface area contributed by atoms with E-state index in [2.05, 4.69) is 78.1 Å². The summed E-state index contributed by atoms with van der Waals surface area (Å²) in [6.45, 7) is 8.71. The van der Waals surface area contributed by atoms with E-state index in [9.17, 15) is 0 Å². The van der Waals surface area contributed by atoms with E-state index in [1.54, 1.807) is 0 Å². The minimum Gasteiger partial charge on any atom is -0.493 e. The van der Waals surface area contributed by atoms with Gasteiger partial charge in [-0.25, -0.2) is 4.99 Å². The Bertz CT molecular complexity index is 1040. The molecule has 1 atom stereocenters. The smallest absolute Gasteiger partial charge is 0.191 e. The molecule has 0 amide bonds. The fourth-order valence-electron chi connectivity index (χ4n) is 4.01. The number of hydrogen-bond donors (Lipinski definition) is 3. The van der Waals surface area contributed by atoms with Crippen LogP contribution in [-0.4, -0.2) is 43.9 Å². The Labute approximate surface area is 213 Å². The van der Waals surface area contributed by atoms with Crippen molar-refractivity contribution >= 4 is 40.8 Å². The zero-order valence-electron chi connectivity index (χ0n) is 19.5. The predicted molar refractivity (Wildman–Crippen MR) is 146 cm³/mol. The molecule has 1 aliphatic rings.